The van der Waals surface area contributed by atoms with Crippen LogP contribution in [0.1, 0.15) is 10.4 Å². The maximum Gasteiger partial charge on any atom is 0.344 e. The molecule has 8 heteroatoms. The van der Waals surface area contributed by atoms with Crippen molar-refractivity contribution in [3.8, 4) is 22.6 Å². The van der Waals surface area contributed by atoms with Gasteiger partial charge in [-0.3, -0.25) is 4.79 Å². The fourth-order valence-electron chi connectivity index (χ4n) is 4.05. The van der Waals surface area contributed by atoms with Gasteiger partial charge in [0.15, 0.2) is 5.58 Å². The van der Waals surface area contributed by atoms with Crippen LogP contribution in [0.15, 0.2) is 105 Å². The first-order valence-electron chi connectivity index (χ1n) is 11.3. The summed E-state index contributed by atoms with van der Waals surface area (Å²) in [5, 5.41) is 3.83. The molecule has 37 heavy (non-hydrogen) atoms. The zero-order chi connectivity index (χ0) is 25.5. The van der Waals surface area contributed by atoms with Gasteiger partial charge in [0.05, 0.1) is 16.1 Å². The van der Waals surface area contributed by atoms with Crippen molar-refractivity contribution in [2.24, 2.45) is 0 Å². The van der Waals surface area contributed by atoms with Crippen molar-refractivity contribution in [3.05, 3.63) is 118 Å². The molecular formula is C29H16ClFN2O4. The summed E-state index contributed by atoms with van der Waals surface area (Å²) in [5.41, 5.74) is 3.52. The molecule has 0 aliphatic heterocycles. The van der Waals surface area contributed by atoms with E-state index in [1.165, 1.54) is 18.2 Å². The number of nitrogens with one attached hydrogen (secondary N) is 1. The van der Waals surface area contributed by atoms with Crippen LogP contribution in [-0.4, -0.2) is 10.9 Å². The first-order valence-corrected chi connectivity index (χ1v) is 11.6. The van der Waals surface area contributed by atoms with Gasteiger partial charge in [-0.05, 0) is 66.2 Å². The highest BCUT2D eigenvalue weighted by molar-refractivity contribution is 6.33. The number of halogens is 2. The number of rotatable bonds is 4. The molecule has 180 valence electrons. The summed E-state index contributed by atoms with van der Waals surface area (Å²) >= 11 is 6.12. The normalized spacial score (nSPS) is 11.2. The molecule has 0 fully saturated rings. The number of carbonyl (C=O) groups excluding carboxylic acids is 1. The molecule has 0 saturated heterocycles. The molecule has 4 aromatic carbocycles. The zero-order valence-corrected chi connectivity index (χ0v) is 19.8. The van der Waals surface area contributed by atoms with E-state index in [-0.39, 0.29) is 16.8 Å². The molecule has 6 rings (SSSR count). The summed E-state index contributed by atoms with van der Waals surface area (Å²) in [5.74, 6) is -0.539. The van der Waals surface area contributed by atoms with E-state index >= 15 is 0 Å². The molecule has 1 amide bonds. The van der Waals surface area contributed by atoms with Crippen molar-refractivity contribution < 1.29 is 18.0 Å². The standard InChI is InChI=1S/C29H16ClFN2O4/c30-23-14-19(31)9-11-21(23)28-33-24-15-20(10-12-26(24)36-28)32-27(34)17-7-5-16(6-8-17)22-13-18-3-1-2-4-25(18)37-29(22)35/h1-15H,(H,32,34). The van der Waals surface area contributed by atoms with Crippen LogP contribution in [0.2, 0.25) is 5.02 Å². The minimum absolute atomic E-state index is 0.185. The van der Waals surface area contributed by atoms with Crippen LogP contribution in [0.25, 0.3) is 44.7 Å². The second-order valence-corrected chi connectivity index (χ2v) is 8.75. The summed E-state index contributed by atoms with van der Waals surface area (Å²) in [6.07, 6.45) is 0. The molecule has 0 aliphatic carbocycles. The lowest BCUT2D eigenvalue weighted by atomic mass is 10.0. The Kier molecular flexibility index (Phi) is 5.54. The van der Waals surface area contributed by atoms with Crippen LogP contribution < -0.4 is 10.9 Å². The molecule has 0 saturated carbocycles. The first kappa shape index (κ1) is 22.7. The predicted molar refractivity (Wildman–Crippen MR) is 140 cm³/mol. The number of anilines is 1. The monoisotopic (exact) mass is 510 g/mol. The van der Waals surface area contributed by atoms with Gasteiger partial charge in [0.1, 0.15) is 16.9 Å². The van der Waals surface area contributed by atoms with Gasteiger partial charge in [-0.15, -0.1) is 0 Å². The highest BCUT2D eigenvalue weighted by atomic mass is 35.5. The summed E-state index contributed by atoms with van der Waals surface area (Å²) in [4.78, 5) is 29.7. The molecule has 2 aromatic heterocycles. The van der Waals surface area contributed by atoms with Gasteiger partial charge in [-0.25, -0.2) is 14.2 Å². The number of benzene rings is 4. The van der Waals surface area contributed by atoms with E-state index in [1.807, 2.05) is 12.1 Å². The van der Waals surface area contributed by atoms with E-state index in [0.717, 1.165) is 5.39 Å². The van der Waals surface area contributed by atoms with E-state index in [1.54, 1.807) is 60.7 Å². The highest BCUT2D eigenvalue weighted by Crippen LogP contribution is 2.31. The van der Waals surface area contributed by atoms with Gasteiger partial charge in [0.25, 0.3) is 5.91 Å². The third-order valence-electron chi connectivity index (χ3n) is 5.91. The van der Waals surface area contributed by atoms with E-state index in [2.05, 4.69) is 10.3 Å². The number of para-hydroxylation sites is 1. The number of nitrogens with zero attached hydrogens (tertiary/aromatic N) is 1. The molecular weight excluding hydrogens is 495 g/mol. The van der Waals surface area contributed by atoms with E-state index in [0.29, 0.717) is 44.6 Å². The molecule has 1 N–H and O–H groups in total. The maximum atomic E-state index is 13.4. The van der Waals surface area contributed by atoms with Crippen molar-refractivity contribution in [3.63, 3.8) is 0 Å². The number of oxazole rings is 1. The average Bonchev–Trinajstić information content (AvgIpc) is 3.31. The summed E-state index contributed by atoms with van der Waals surface area (Å²) in [6.45, 7) is 0. The maximum absolute atomic E-state index is 13.4. The Labute approximate surface area is 213 Å². The largest absolute Gasteiger partial charge is 0.436 e. The van der Waals surface area contributed by atoms with Crippen LogP contribution >= 0.6 is 11.6 Å². The average molecular weight is 511 g/mol. The number of hydrogen-bond donors (Lipinski definition) is 1. The predicted octanol–water partition coefficient (Wildman–Crippen LogP) is 7.31. The lowest BCUT2D eigenvalue weighted by molar-refractivity contribution is 0.102. The lowest BCUT2D eigenvalue weighted by Crippen LogP contribution is -2.11. The van der Waals surface area contributed by atoms with Crippen LogP contribution in [-0.2, 0) is 0 Å². The molecule has 0 bridgehead atoms. The summed E-state index contributed by atoms with van der Waals surface area (Å²) in [6, 6.07) is 24.8. The quantitative estimate of drug-likeness (QED) is 0.251. The summed E-state index contributed by atoms with van der Waals surface area (Å²) < 4.78 is 24.5. The van der Waals surface area contributed by atoms with Gasteiger partial charge >= 0.3 is 5.63 Å². The van der Waals surface area contributed by atoms with Crippen LogP contribution in [0.4, 0.5) is 10.1 Å². The highest BCUT2D eigenvalue weighted by Gasteiger charge is 2.14. The Morgan fingerprint density at radius 1 is 0.838 bits per heavy atom. The Morgan fingerprint density at radius 3 is 2.46 bits per heavy atom. The topological polar surface area (TPSA) is 85.3 Å². The Bertz CT molecular complexity index is 1880. The number of amides is 1. The lowest BCUT2D eigenvalue weighted by Gasteiger charge is -2.07. The molecule has 0 spiro atoms. The minimum atomic E-state index is -0.455. The SMILES string of the molecule is O=C(Nc1ccc2oc(-c3ccc(F)cc3Cl)nc2c1)c1ccc(-c2cc3ccccc3oc2=O)cc1. The van der Waals surface area contributed by atoms with Gasteiger partial charge in [-0.1, -0.05) is 41.9 Å². The molecule has 0 aliphatic rings. The minimum Gasteiger partial charge on any atom is -0.436 e. The van der Waals surface area contributed by atoms with E-state index in [9.17, 15) is 14.0 Å². The first-order chi connectivity index (χ1) is 17.9. The van der Waals surface area contributed by atoms with Crippen molar-refractivity contribution in [1.29, 1.82) is 0 Å². The smallest absolute Gasteiger partial charge is 0.344 e. The summed E-state index contributed by atoms with van der Waals surface area (Å²) in [7, 11) is 0. The van der Waals surface area contributed by atoms with Gasteiger partial charge in [0.2, 0.25) is 5.89 Å². The fourth-order valence-corrected chi connectivity index (χ4v) is 4.30. The number of fused-ring (bicyclic) bond motifs is 2. The Morgan fingerprint density at radius 2 is 1.65 bits per heavy atom. The van der Waals surface area contributed by atoms with Crippen LogP contribution in [0.3, 0.4) is 0 Å². The molecule has 6 nitrogen and oxygen atoms in total. The number of hydrogen-bond acceptors (Lipinski definition) is 5. The molecule has 0 atom stereocenters. The van der Waals surface area contributed by atoms with E-state index < -0.39 is 11.4 Å². The van der Waals surface area contributed by atoms with Crippen molar-refractivity contribution in [2.45, 2.75) is 0 Å². The molecule has 0 unspecified atom stereocenters. The van der Waals surface area contributed by atoms with Gasteiger partial charge in [0, 0.05) is 16.6 Å². The van der Waals surface area contributed by atoms with Gasteiger partial charge in [-0.2, -0.15) is 0 Å². The molecule has 2 heterocycles. The number of carbonyl (C=O) groups is 1. The van der Waals surface area contributed by atoms with Crippen LogP contribution in [0, 0.1) is 5.82 Å². The number of aromatic nitrogens is 1. The van der Waals surface area contributed by atoms with Gasteiger partial charge < -0.3 is 14.2 Å². The zero-order valence-electron chi connectivity index (χ0n) is 19.0. The second-order valence-electron chi connectivity index (χ2n) is 8.34. The van der Waals surface area contributed by atoms with Crippen molar-refractivity contribution >= 4 is 45.3 Å². The van der Waals surface area contributed by atoms with Crippen LogP contribution in [0.5, 0.6) is 0 Å². The third kappa shape index (κ3) is 4.37. The molecule has 0 radical (unpaired) electrons. The molecule has 6 aromatic rings. The third-order valence-corrected chi connectivity index (χ3v) is 6.22. The fraction of sp³-hybridized carbons (Fsp3) is 0. The van der Waals surface area contributed by atoms with E-state index in [4.69, 9.17) is 20.4 Å². The van der Waals surface area contributed by atoms with Crippen molar-refractivity contribution in [2.75, 3.05) is 5.32 Å². The van der Waals surface area contributed by atoms with Crippen molar-refractivity contribution in [1.82, 2.24) is 4.98 Å². The Hall–Kier alpha value is -4.75. The Balaban J connectivity index is 1.23. The second kappa shape index (κ2) is 9.04.